The van der Waals surface area contributed by atoms with Gasteiger partial charge in [0, 0.05) is 0 Å². The van der Waals surface area contributed by atoms with Crippen LogP contribution in [0.15, 0.2) is 30.4 Å². The maximum absolute atomic E-state index is 12.7. The molecule has 1 nitrogen and oxygen atoms in total. The Kier molecular flexibility index (Phi) is 3.50. The highest BCUT2D eigenvalue weighted by Gasteiger charge is 1.98. The van der Waals surface area contributed by atoms with E-state index in [1.165, 1.54) is 12.1 Å². The summed E-state index contributed by atoms with van der Waals surface area (Å²) in [5, 5.41) is 0. The van der Waals surface area contributed by atoms with Crippen LogP contribution in [-0.2, 0) is 0 Å². The predicted octanol–water partition coefficient (Wildman–Crippen LogP) is 3.09. The third kappa shape index (κ3) is 2.90. The third-order valence-electron chi connectivity index (χ3n) is 1.71. The lowest BCUT2D eigenvalue weighted by molar-refractivity contribution is 0.359. The Balaban J connectivity index is 2.66. The number of aryl methyl sites for hydroxylation is 1. The van der Waals surface area contributed by atoms with Gasteiger partial charge in [0.2, 0.25) is 0 Å². The van der Waals surface area contributed by atoms with Crippen molar-refractivity contribution in [3.05, 3.63) is 41.7 Å². The summed E-state index contributed by atoms with van der Waals surface area (Å²) >= 11 is 0. The molecule has 0 bridgehead atoms. The van der Waals surface area contributed by atoms with Crippen molar-refractivity contribution in [2.24, 2.45) is 0 Å². The van der Waals surface area contributed by atoms with Gasteiger partial charge in [-0.2, -0.15) is 0 Å². The number of hydrogen-bond donors (Lipinski definition) is 0. The van der Waals surface area contributed by atoms with E-state index in [1.54, 1.807) is 6.07 Å². The molecule has 2 heteroatoms. The van der Waals surface area contributed by atoms with Crippen molar-refractivity contribution in [3.63, 3.8) is 0 Å². The van der Waals surface area contributed by atoms with Gasteiger partial charge in [-0.15, -0.1) is 0 Å². The Hall–Kier alpha value is -1.31. The lowest BCUT2D eigenvalue weighted by Gasteiger charge is -2.06. The molecule has 0 atom stereocenters. The molecule has 0 spiro atoms. The van der Waals surface area contributed by atoms with Crippen molar-refractivity contribution < 1.29 is 9.13 Å². The Bertz CT molecular complexity index is 305. The van der Waals surface area contributed by atoms with Gasteiger partial charge in [-0.3, -0.25) is 0 Å². The minimum Gasteiger partial charge on any atom is -0.489 e. The molecule has 0 unspecified atom stereocenters. The predicted molar refractivity (Wildman–Crippen MR) is 51.4 cm³/mol. The lowest BCUT2D eigenvalue weighted by Crippen LogP contribution is -1.95. The lowest BCUT2D eigenvalue weighted by atomic mass is 10.2. The topological polar surface area (TPSA) is 9.23 Å². The monoisotopic (exact) mass is 180 g/mol. The Morgan fingerprint density at radius 1 is 1.46 bits per heavy atom. The number of benzene rings is 1. The van der Waals surface area contributed by atoms with Crippen molar-refractivity contribution in [3.8, 4) is 5.75 Å². The molecule has 0 radical (unpaired) electrons. The van der Waals surface area contributed by atoms with Crippen molar-refractivity contribution in [2.45, 2.75) is 13.8 Å². The summed E-state index contributed by atoms with van der Waals surface area (Å²) in [6, 6.07) is 4.51. The second-order valence-corrected chi connectivity index (χ2v) is 2.79. The summed E-state index contributed by atoms with van der Waals surface area (Å²) in [5.41, 5.74) is 0.824. The van der Waals surface area contributed by atoms with Gasteiger partial charge in [-0.25, -0.2) is 4.39 Å². The first-order chi connectivity index (χ1) is 6.24. The van der Waals surface area contributed by atoms with Crippen LogP contribution in [0.4, 0.5) is 4.39 Å². The fraction of sp³-hybridized carbons (Fsp3) is 0.273. The Morgan fingerprint density at radius 2 is 2.23 bits per heavy atom. The first-order valence-electron chi connectivity index (χ1n) is 4.24. The van der Waals surface area contributed by atoms with E-state index in [2.05, 4.69) is 0 Å². The van der Waals surface area contributed by atoms with Crippen LogP contribution in [0.1, 0.15) is 12.5 Å². The first-order valence-corrected chi connectivity index (χ1v) is 4.24. The van der Waals surface area contributed by atoms with E-state index in [-0.39, 0.29) is 5.82 Å². The quantitative estimate of drug-likeness (QED) is 0.649. The highest BCUT2D eigenvalue weighted by molar-refractivity contribution is 5.32. The molecule has 0 aliphatic rings. The van der Waals surface area contributed by atoms with Gasteiger partial charge in [0.25, 0.3) is 0 Å². The molecule has 1 aromatic carbocycles. The van der Waals surface area contributed by atoms with E-state index in [4.69, 9.17) is 4.74 Å². The summed E-state index contributed by atoms with van der Waals surface area (Å²) in [5.74, 6) is 0.510. The normalized spacial score (nSPS) is 10.7. The first kappa shape index (κ1) is 9.78. The fourth-order valence-electron chi connectivity index (χ4n) is 1.01. The van der Waals surface area contributed by atoms with Crippen LogP contribution in [-0.4, -0.2) is 6.61 Å². The molecule has 0 amide bonds. The largest absolute Gasteiger partial charge is 0.489 e. The average molecular weight is 180 g/mol. The van der Waals surface area contributed by atoms with Crippen LogP contribution in [0.5, 0.6) is 5.75 Å². The van der Waals surface area contributed by atoms with Crippen LogP contribution in [0.3, 0.4) is 0 Å². The highest BCUT2D eigenvalue weighted by Crippen LogP contribution is 2.17. The van der Waals surface area contributed by atoms with Gasteiger partial charge < -0.3 is 4.74 Å². The van der Waals surface area contributed by atoms with E-state index in [9.17, 15) is 4.39 Å². The van der Waals surface area contributed by atoms with Crippen LogP contribution >= 0.6 is 0 Å². The van der Waals surface area contributed by atoms with E-state index >= 15 is 0 Å². The van der Waals surface area contributed by atoms with Gasteiger partial charge in [-0.1, -0.05) is 12.2 Å². The van der Waals surface area contributed by atoms with Crippen LogP contribution in [0.25, 0.3) is 0 Å². The maximum atomic E-state index is 12.7. The van der Waals surface area contributed by atoms with Gasteiger partial charge in [0.15, 0.2) is 0 Å². The van der Waals surface area contributed by atoms with Gasteiger partial charge in [0.1, 0.15) is 18.2 Å². The van der Waals surface area contributed by atoms with Crippen LogP contribution in [0, 0.1) is 12.7 Å². The van der Waals surface area contributed by atoms with Crippen molar-refractivity contribution in [1.29, 1.82) is 0 Å². The van der Waals surface area contributed by atoms with Crippen LogP contribution in [0.2, 0.25) is 0 Å². The van der Waals surface area contributed by atoms with E-state index in [0.717, 1.165) is 11.3 Å². The molecule has 0 heterocycles. The molecule has 0 saturated heterocycles. The number of ether oxygens (including phenoxy) is 1. The molecule has 13 heavy (non-hydrogen) atoms. The minimum atomic E-state index is -0.226. The molecule has 0 aliphatic carbocycles. The summed E-state index contributed by atoms with van der Waals surface area (Å²) in [6.07, 6.45) is 3.82. The summed E-state index contributed by atoms with van der Waals surface area (Å²) in [7, 11) is 0. The Morgan fingerprint density at radius 3 is 2.85 bits per heavy atom. The van der Waals surface area contributed by atoms with E-state index in [0.29, 0.717) is 6.61 Å². The maximum Gasteiger partial charge on any atom is 0.123 e. The highest BCUT2D eigenvalue weighted by atomic mass is 19.1. The summed E-state index contributed by atoms with van der Waals surface area (Å²) < 4.78 is 18.0. The molecule has 0 aromatic heterocycles. The smallest absolute Gasteiger partial charge is 0.123 e. The third-order valence-corrected chi connectivity index (χ3v) is 1.71. The number of halogens is 1. The van der Waals surface area contributed by atoms with Crippen molar-refractivity contribution in [2.75, 3.05) is 6.61 Å². The molecule has 0 aliphatic heterocycles. The number of hydrogen-bond acceptors (Lipinski definition) is 1. The number of allylic oxidation sites excluding steroid dienone is 1. The van der Waals surface area contributed by atoms with E-state index in [1.807, 2.05) is 26.0 Å². The number of rotatable bonds is 3. The molecule has 0 N–H and O–H groups in total. The minimum absolute atomic E-state index is 0.226. The molecule has 0 fully saturated rings. The van der Waals surface area contributed by atoms with Crippen molar-refractivity contribution >= 4 is 0 Å². The van der Waals surface area contributed by atoms with Gasteiger partial charge in [0.05, 0.1) is 0 Å². The van der Waals surface area contributed by atoms with Crippen LogP contribution < -0.4 is 4.74 Å². The molecular weight excluding hydrogens is 167 g/mol. The molecular formula is C11H13FO. The molecule has 70 valence electrons. The summed E-state index contributed by atoms with van der Waals surface area (Å²) in [4.78, 5) is 0. The van der Waals surface area contributed by atoms with E-state index < -0.39 is 0 Å². The molecule has 1 aromatic rings. The van der Waals surface area contributed by atoms with Gasteiger partial charge >= 0.3 is 0 Å². The molecule has 1 rings (SSSR count). The SMILES string of the molecule is C/C=C/COc1ccc(F)cc1C. The zero-order valence-electron chi connectivity index (χ0n) is 7.88. The summed E-state index contributed by atoms with van der Waals surface area (Å²) in [6.45, 7) is 4.29. The average Bonchev–Trinajstić information content (AvgIpc) is 2.09. The zero-order chi connectivity index (χ0) is 9.68. The zero-order valence-corrected chi connectivity index (χ0v) is 7.88. The van der Waals surface area contributed by atoms with Crippen molar-refractivity contribution in [1.82, 2.24) is 0 Å². The Labute approximate surface area is 77.8 Å². The standard InChI is InChI=1S/C11H13FO/c1-3-4-7-13-11-6-5-10(12)8-9(11)2/h3-6,8H,7H2,1-2H3/b4-3+. The van der Waals surface area contributed by atoms with Gasteiger partial charge in [-0.05, 0) is 37.6 Å². The molecule has 0 saturated carbocycles. The second kappa shape index (κ2) is 4.65. The second-order valence-electron chi connectivity index (χ2n) is 2.79. The fourth-order valence-corrected chi connectivity index (χ4v) is 1.01.